The number of pyridine rings is 2. The summed E-state index contributed by atoms with van der Waals surface area (Å²) < 4.78 is 46.5. The van der Waals surface area contributed by atoms with Gasteiger partial charge in [0.15, 0.2) is 5.82 Å². The minimum absolute atomic E-state index is 0.0204. The van der Waals surface area contributed by atoms with Gasteiger partial charge >= 0.3 is 6.55 Å². The molecule has 2 N–H and O–H groups in total. The van der Waals surface area contributed by atoms with Crippen LogP contribution in [-0.2, 0) is 11.2 Å². The number of alkyl halides is 2. The van der Waals surface area contributed by atoms with Gasteiger partial charge in [-0.2, -0.15) is 13.5 Å². The van der Waals surface area contributed by atoms with Gasteiger partial charge in [0.2, 0.25) is 11.8 Å². The number of hydrogen-bond acceptors (Lipinski definition) is 7. The Bertz CT molecular complexity index is 1400. The first kappa shape index (κ1) is 25.9. The predicted octanol–water partition coefficient (Wildman–Crippen LogP) is 4.20. The molecule has 0 radical (unpaired) electrons. The Morgan fingerprint density at radius 3 is 2.71 bits per heavy atom. The maximum atomic E-state index is 14.4. The van der Waals surface area contributed by atoms with Gasteiger partial charge in [-0.15, -0.1) is 5.10 Å². The van der Waals surface area contributed by atoms with Gasteiger partial charge in [-0.05, 0) is 63.5 Å². The van der Waals surface area contributed by atoms with Gasteiger partial charge < -0.3 is 15.4 Å². The topological polar surface area (TPSA) is 112 Å². The standard InChI is InChI=1S/C26H30F3N7O2/c1-13(17-10-21(38-4)31-12-19(17)27)24(37)35-8-7-26(11-20(26)35)6-5-16-9-18(14(2)32-22(16)30)23-33-15(3)36(34-23)25(28)29/h9-10,12-13,20,25H,5-8,11H2,1-4H3,(H2,30,32)/t13-,20?,26-/m1/s1. The van der Waals surface area contributed by atoms with E-state index in [1.54, 1.807) is 13.8 Å². The Labute approximate surface area is 218 Å². The van der Waals surface area contributed by atoms with Crippen molar-refractivity contribution in [3.8, 4) is 17.3 Å². The van der Waals surface area contributed by atoms with Crippen LogP contribution in [0.3, 0.4) is 0 Å². The van der Waals surface area contributed by atoms with E-state index in [4.69, 9.17) is 10.5 Å². The Kier molecular flexibility index (Phi) is 6.52. The van der Waals surface area contributed by atoms with Crippen molar-refractivity contribution in [2.75, 3.05) is 19.4 Å². The molecule has 202 valence electrons. The molecule has 1 unspecified atom stereocenters. The SMILES string of the molecule is COc1cc([C@@H](C)C(=O)N2CC[C@]3(CCc4cc(-c5nc(C)n(C(F)F)n5)c(C)nc4N)CC23)c(F)cn1. The zero-order valence-corrected chi connectivity index (χ0v) is 21.7. The third kappa shape index (κ3) is 4.45. The van der Waals surface area contributed by atoms with Crippen molar-refractivity contribution in [1.82, 2.24) is 29.6 Å². The van der Waals surface area contributed by atoms with E-state index in [9.17, 15) is 18.0 Å². The van der Waals surface area contributed by atoms with E-state index in [1.165, 1.54) is 20.1 Å². The van der Waals surface area contributed by atoms with Crippen molar-refractivity contribution >= 4 is 11.7 Å². The number of hydrogen-bond donors (Lipinski definition) is 1. The molecule has 9 nitrogen and oxygen atoms in total. The van der Waals surface area contributed by atoms with Gasteiger partial charge in [-0.3, -0.25) is 4.79 Å². The van der Waals surface area contributed by atoms with Gasteiger partial charge in [-0.25, -0.2) is 19.3 Å². The van der Waals surface area contributed by atoms with E-state index >= 15 is 0 Å². The van der Waals surface area contributed by atoms with Crippen molar-refractivity contribution in [3.63, 3.8) is 0 Å². The Morgan fingerprint density at radius 1 is 1.29 bits per heavy atom. The van der Waals surface area contributed by atoms with Crippen molar-refractivity contribution in [3.05, 3.63) is 46.8 Å². The molecule has 1 saturated heterocycles. The third-order valence-corrected chi connectivity index (χ3v) is 8.01. The highest BCUT2D eigenvalue weighted by molar-refractivity contribution is 5.84. The van der Waals surface area contributed by atoms with E-state index in [-0.39, 0.29) is 40.5 Å². The Morgan fingerprint density at radius 2 is 2.05 bits per heavy atom. The molecule has 0 spiro atoms. The molecular formula is C26H30F3N7O2. The molecule has 3 atom stereocenters. The minimum Gasteiger partial charge on any atom is -0.481 e. The number of aromatic nitrogens is 5. The fourth-order valence-electron chi connectivity index (χ4n) is 5.63. The van der Waals surface area contributed by atoms with Crippen LogP contribution in [0.5, 0.6) is 5.88 Å². The van der Waals surface area contributed by atoms with Crippen LogP contribution in [-0.4, -0.2) is 55.2 Å². The second-order valence-corrected chi connectivity index (χ2v) is 10.2. The number of halogens is 3. The van der Waals surface area contributed by atoms with Crippen LogP contribution in [0.1, 0.15) is 61.3 Å². The number of nitrogens with zero attached hydrogens (tertiary/aromatic N) is 6. The summed E-state index contributed by atoms with van der Waals surface area (Å²) in [5.41, 5.74) is 8.38. The Balaban J connectivity index is 1.29. The van der Waals surface area contributed by atoms with Crippen LogP contribution in [0, 0.1) is 25.1 Å². The van der Waals surface area contributed by atoms with Crippen molar-refractivity contribution < 1.29 is 22.7 Å². The average Bonchev–Trinajstić information content (AvgIpc) is 3.26. The minimum atomic E-state index is -2.78. The van der Waals surface area contributed by atoms with Gasteiger partial charge in [-0.1, -0.05) is 0 Å². The molecule has 1 amide bonds. The third-order valence-electron chi connectivity index (χ3n) is 8.01. The highest BCUT2D eigenvalue weighted by Gasteiger charge is 2.61. The zero-order valence-electron chi connectivity index (χ0n) is 21.7. The average molecular weight is 530 g/mol. The summed E-state index contributed by atoms with van der Waals surface area (Å²) in [5, 5.41) is 3.95. The van der Waals surface area contributed by atoms with Crippen molar-refractivity contribution in [2.24, 2.45) is 5.41 Å². The molecule has 0 bridgehead atoms. The fraction of sp³-hybridized carbons (Fsp3) is 0.500. The molecule has 38 heavy (non-hydrogen) atoms. The van der Waals surface area contributed by atoms with Crippen molar-refractivity contribution in [2.45, 2.75) is 65.0 Å². The molecule has 2 aliphatic rings. The number of nitrogen functional groups attached to an aromatic ring is 1. The summed E-state index contributed by atoms with van der Waals surface area (Å²) in [7, 11) is 1.45. The van der Waals surface area contributed by atoms with Crippen LogP contribution in [0.15, 0.2) is 18.3 Å². The van der Waals surface area contributed by atoms with Gasteiger partial charge in [0, 0.05) is 29.8 Å². The molecule has 0 aromatic carbocycles. The summed E-state index contributed by atoms with van der Waals surface area (Å²) in [6.45, 7) is 2.75. The van der Waals surface area contributed by atoms with Gasteiger partial charge in [0.1, 0.15) is 17.5 Å². The number of methoxy groups -OCH3 is 1. The van der Waals surface area contributed by atoms with E-state index in [1.807, 2.05) is 11.0 Å². The number of ether oxygens (including phenoxy) is 1. The molecule has 1 aliphatic heterocycles. The number of amides is 1. The molecule has 1 saturated carbocycles. The lowest BCUT2D eigenvalue weighted by atomic mass is 9.94. The molecule has 1 aliphatic carbocycles. The largest absolute Gasteiger partial charge is 0.481 e. The smallest absolute Gasteiger partial charge is 0.334 e. The summed E-state index contributed by atoms with van der Waals surface area (Å²) >= 11 is 0. The van der Waals surface area contributed by atoms with E-state index < -0.39 is 18.3 Å². The second-order valence-electron chi connectivity index (χ2n) is 10.2. The van der Waals surface area contributed by atoms with Crippen LogP contribution in [0.2, 0.25) is 0 Å². The highest BCUT2D eigenvalue weighted by Crippen LogP contribution is 2.60. The molecular weight excluding hydrogens is 499 g/mol. The molecule has 2 fully saturated rings. The summed E-state index contributed by atoms with van der Waals surface area (Å²) in [5.74, 6) is -0.368. The zero-order chi connectivity index (χ0) is 27.4. The molecule has 3 aromatic heterocycles. The van der Waals surface area contributed by atoms with E-state index in [0.29, 0.717) is 34.7 Å². The number of anilines is 1. The molecule has 4 heterocycles. The number of piperidine rings is 1. The highest BCUT2D eigenvalue weighted by atomic mass is 19.3. The number of nitrogens with two attached hydrogens (primary N) is 1. The summed E-state index contributed by atoms with van der Waals surface area (Å²) in [6, 6.07) is 3.39. The number of carbonyl (C=O) groups excluding carboxylic acids is 1. The first-order valence-corrected chi connectivity index (χ1v) is 12.5. The molecule has 3 aromatic rings. The summed E-state index contributed by atoms with van der Waals surface area (Å²) in [6.07, 6.45) is 4.21. The number of fused-ring (bicyclic) bond motifs is 1. The monoisotopic (exact) mass is 529 g/mol. The van der Waals surface area contributed by atoms with Crippen LogP contribution >= 0.6 is 0 Å². The summed E-state index contributed by atoms with van der Waals surface area (Å²) in [4.78, 5) is 27.7. The van der Waals surface area contributed by atoms with Crippen molar-refractivity contribution in [1.29, 1.82) is 0 Å². The lowest BCUT2D eigenvalue weighted by molar-refractivity contribution is -0.132. The normalized spacial score (nSPS) is 21.1. The van der Waals surface area contributed by atoms with Gasteiger partial charge in [0.05, 0.1) is 24.9 Å². The van der Waals surface area contributed by atoms with E-state index in [0.717, 1.165) is 31.0 Å². The first-order chi connectivity index (χ1) is 18.0. The quantitative estimate of drug-likeness (QED) is 0.465. The van der Waals surface area contributed by atoms with Crippen LogP contribution in [0.4, 0.5) is 19.0 Å². The number of aryl methyl sites for hydroxylation is 3. The molecule has 12 heteroatoms. The molecule has 5 rings (SSSR count). The fourth-order valence-corrected chi connectivity index (χ4v) is 5.63. The maximum absolute atomic E-state index is 14.4. The van der Waals surface area contributed by atoms with E-state index in [2.05, 4.69) is 20.1 Å². The number of rotatable bonds is 8. The first-order valence-electron chi connectivity index (χ1n) is 12.5. The number of carbonyl (C=O) groups is 1. The predicted molar refractivity (Wildman–Crippen MR) is 133 cm³/mol. The second kappa shape index (κ2) is 9.55. The Hall–Kier alpha value is -3.70. The van der Waals surface area contributed by atoms with Crippen LogP contribution < -0.4 is 10.5 Å². The van der Waals surface area contributed by atoms with Crippen LogP contribution in [0.25, 0.3) is 11.4 Å². The van der Waals surface area contributed by atoms with Gasteiger partial charge in [0.25, 0.3) is 0 Å². The number of likely N-dealkylation sites (tertiary alicyclic amines) is 1. The lowest BCUT2D eigenvalue weighted by Crippen LogP contribution is -2.34. The lowest BCUT2D eigenvalue weighted by Gasteiger charge is -2.23. The maximum Gasteiger partial charge on any atom is 0.334 e.